The average Bonchev–Trinajstić information content (AvgIpc) is 3.23. The molecule has 1 aromatic carbocycles. The Morgan fingerprint density at radius 3 is 2.48 bits per heavy atom. The van der Waals surface area contributed by atoms with Gasteiger partial charge in [0.15, 0.2) is 4.34 Å². The molecule has 3 N–H and O–H groups in total. The number of hydrogen-bond acceptors (Lipinski definition) is 10. The number of nitro benzene ring substituents is 2. The second-order valence-corrected chi connectivity index (χ2v) is 9.09. The van der Waals surface area contributed by atoms with Gasteiger partial charge in [-0.1, -0.05) is 36.4 Å². The van der Waals surface area contributed by atoms with Crippen molar-refractivity contribution >= 4 is 46.3 Å². The minimum absolute atomic E-state index is 0.0801. The van der Waals surface area contributed by atoms with Crippen LogP contribution in [0.3, 0.4) is 0 Å². The van der Waals surface area contributed by atoms with E-state index >= 15 is 0 Å². The van der Waals surface area contributed by atoms with Crippen LogP contribution < -0.4 is 10.7 Å². The molecule has 0 unspecified atom stereocenters. The molecule has 0 radical (unpaired) electrons. The lowest BCUT2D eigenvalue weighted by Gasteiger charge is -2.08. The molecule has 0 saturated heterocycles. The number of carbonyl (C=O) groups is 1. The van der Waals surface area contributed by atoms with Crippen LogP contribution in [0.1, 0.15) is 54.9 Å². The highest BCUT2D eigenvalue weighted by atomic mass is 32.2. The molecule has 0 aliphatic rings. The lowest BCUT2D eigenvalue weighted by atomic mass is 10.1. The molecular weight excluding hydrogens is 472 g/mol. The standard InChI is InChI=1S/C19H24N6O6S2/c1-3-17-22-23-19(33-17)32-15-10-12(13(24(27)28)11-14(15)25(29)30)18(26)21-9-7-5-6-8-16(20)31-4-2/h10-11,20H,3-9H2,1-2H3,(H,21,26)/p+1. The number of nitrogens with two attached hydrogens (primary N) is 1. The van der Waals surface area contributed by atoms with E-state index in [1.807, 2.05) is 13.8 Å². The Kier molecular flexibility index (Phi) is 10.1. The van der Waals surface area contributed by atoms with Crippen molar-refractivity contribution in [2.45, 2.75) is 55.2 Å². The molecule has 0 aliphatic heterocycles. The maximum Gasteiger partial charge on any atom is 0.332 e. The van der Waals surface area contributed by atoms with Crippen molar-refractivity contribution in [3.8, 4) is 0 Å². The van der Waals surface area contributed by atoms with Crippen LogP contribution in [0.25, 0.3) is 0 Å². The first-order valence-electron chi connectivity index (χ1n) is 10.3. The number of rotatable bonds is 13. The predicted octanol–water partition coefficient (Wildman–Crippen LogP) is 2.55. The summed E-state index contributed by atoms with van der Waals surface area (Å²) in [5.74, 6) is -0.208. The van der Waals surface area contributed by atoms with Crippen molar-refractivity contribution in [2.24, 2.45) is 0 Å². The summed E-state index contributed by atoms with van der Waals surface area (Å²) in [6.45, 7) is 4.55. The Morgan fingerprint density at radius 1 is 1.15 bits per heavy atom. The lowest BCUT2D eigenvalue weighted by Crippen LogP contribution is -2.41. The molecule has 1 aromatic heterocycles. The first-order chi connectivity index (χ1) is 15.8. The summed E-state index contributed by atoms with van der Waals surface area (Å²) in [5.41, 5.74) is -1.35. The van der Waals surface area contributed by atoms with E-state index in [1.165, 1.54) is 17.4 Å². The summed E-state index contributed by atoms with van der Waals surface area (Å²) in [5, 5.41) is 40.0. The molecule has 33 heavy (non-hydrogen) atoms. The van der Waals surface area contributed by atoms with Gasteiger partial charge in [0.2, 0.25) is 0 Å². The van der Waals surface area contributed by atoms with Crippen LogP contribution in [0.2, 0.25) is 0 Å². The second-order valence-electron chi connectivity index (χ2n) is 6.73. The number of carbonyl (C=O) groups excluding carboxylic acids is 1. The number of ether oxygens (including phenoxy) is 1. The Bertz CT molecular complexity index is 1030. The zero-order valence-corrected chi connectivity index (χ0v) is 19.9. The zero-order valence-electron chi connectivity index (χ0n) is 18.2. The Morgan fingerprint density at radius 2 is 1.88 bits per heavy atom. The first-order valence-corrected chi connectivity index (χ1v) is 11.9. The van der Waals surface area contributed by atoms with Gasteiger partial charge in [-0.05, 0) is 32.3 Å². The Hall–Kier alpha value is -3.13. The maximum atomic E-state index is 12.7. The van der Waals surface area contributed by atoms with Crippen LogP contribution in [-0.2, 0) is 11.2 Å². The fourth-order valence-corrected chi connectivity index (χ4v) is 4.71. The highest BCUT2D eigenvalue weighted by Gasteiger charge is 2.29. The number of benzene rings is 1. The molecule has 0 fully saturated rings. The number of nitrogens with zero attached hydrogens (tertiary/aromatic N) is 4. The Labute approximate surface area is 197 Å². The fraction of sp³-hybridized carbons (Fsp3) is 0.474. The lowest BCUT2D eigenvalue weighted by molar-refractivity contribution is -0.396. The summed E-state index contributed by atoms with van der Waals surface area (Å²) in [6.07, 6.45) is 3.46. The van der Waals surface area contributed by atoms with Crippen LogP contribution in [0.4, 0.5) is 11.4 Å². The minimum Gasteiger partial charge on any atom is -0.448 e. The van der Waals surface area contributed by atoms with Crippen LogP contribution in [0, 0.1) is 20.2 Å². The van der Waals surface area contributed by atoms with Gasteiger partial charge in [0.05, 0.1) is 33.8 Å². The molecular formula is C19H25N6O6S2+. The van der Waals surface area contributed by atoms with Crippen molar-refractivity contribution in [1.82, 2.24) is 15.5 Å². The molecule has 14 heteroatoms. The molecule has 12 nitrogen and oxygen atoms in total. The molecule has 0 atom stereocenters. The third-order valence-corrected chi connectivity index (χ3v) is 6.54. The van der Waals surface area contributed by atoms with Crippen molar-refractivity contribution in [3.63, 3.8) is 0 Å². The summed E-state index contributed by atoms with van der Waals surface area (Å²) in [6, 6.07) is 1.98. The summed E-state index contributed by atoms with van der Waals surface area (Å²) in [4.78, 5) is 34.2. The van der Waals surface area contributed by atoms with Crippen molar-refractivity contribution in [2.75, 3.05) is 13.2 Å². The van der Waals surface area contributed by atoms with Gasteiger partial charge in [0.1, 0.15) is 10.6 Å². The fourth-order valence-electron chi connectivity index (χ4n) is 2.79. The molecule has 178 valence electrons. The number of nitro groups is 2. The molecule has 2 rings (SSSR count). The van der Waals surface area contributed by atoms with E-state index in [0.29, 0.717) is 42.7 Å². The molecule has 0 bridgehead atoms. The average molecular weight is 498 g/mol. The summed E-state index contributed by atoms with van der Waals surface area (Å²) < 4.78 is 5.61. The third-order valence-electron chi connectivity index (χ3n) is 4.38. The van der Waals surface area contributed by atoms with Gasteiger partial charge in [0.25, 0.3) is 17.3 Å². The first kappa shape index (κ1) is 26.1. The van der Waals surface area contributed by atoms with Crippen LogP contribution >= 0.6 is 23.1 Å². The summed E-state index contributed by atoms with van der Waals surface area (Å²) in [7, 11) is 0. The van der Waals surface area contributed by atoms with E-state index in [0.717, 1.165) is 35.7 Å². The van der Waals surface area contributed by atoms with Gasteiger partial charge in [0, 0.05) is 6.54 Å². The number of nitrogens with one attached hydrogen (secondary N) is 1. The van der Waals surface area contributed by atoms with Gasteiger partial charge in [-0.15, -0.1) is 10.2 Å². The van der Waals surface area contributed by atoms with Gasteiger partial charge < -0.3 is 10.1 Å². The zero-order chi connectivity index (χ0) is 24.4. The van der Waals surface area contributed by atoms with Gasteiger partial charge in [-0.3, -0.25) is 25.0 Å². The van der Waals surface area contributed by atoms with Crippen LogP contribution in [-0.4, -0.2) is 45.0 Å². The largest absolute Gasteiger partial charge is 0.448 e. The quantitative estimate of drug-likeness (QED) is 0.138. The van der Waals surface area contributed by atoms with Crippen molar-refractivity contribution in [1.29, 1.82) is 0 Å². The molecule has 1 heterocycles. The Balaban J connectivity index is 2.13. The maximum absolute atomic E-state index is 12.7. The molecule has 1 amide bonds. The number of hydrogen-bond donors (Lipinski definition) is 2. The topological polar surface area (TPSA) is 176 Å². The molecule has 2 aromatic rings. The normalized spacial score (nSPS) is 10.6. The molecule has 0 saturated carbocycles. The van der Waals surface area contributed by atoms with E-state index in [9.17, 15) is 25.0 Å². The number of amides is 1. The predicted molar refractivity (Wildman–Crippen MR) is 123 cm³/mol. The van der Waals surface area contributed by atoms with E-state index in [2.05, 4.69) is 15.5 Å². The SMILES string of the molecule is CCOC(=[NH2+])CCCCCNC(=O)c1cc(Sc2nnc(CC)s2)c([N+](=O)[O-])cc1[N+](=O)[O-]. The summed E-state index contributed by atoms with van der Waals surface area (Å²) >= 11 is 2.21. The van der Waals surface area contributed by atoms with Crippen LogP contribution in [0.15, 0.2) is 21.4 Å². The van der Waals surface area contributed by atoms with Gasteiger partial charge in [-0.2, -0.15) is 0 Å². The van der Waals surface area contributed by atoms with Crippen molar-refractivity contribution < 1.29 is 24.8 Å². The van der Waals surface area contributed by atoms with E-state index < -0.39 is 27.1 Å². The monoisotopic (exact) mass is 497 g/mol. The highest BCUT2D eigenvalue weighted by molar-refractivity contribution is 8.01. The van der Waals surface area contributed by atoms with Crippen molar-refractivity contribution in [3.05, 3.63) is 42.9 Å². The van der Waals surface area contributed by atoms with Gasteiger partial charge >= 0.3 is 5.90 Å². The number of aromatic nitrogens is 2. The van der Waals surface area contributed by atoms with Gasteiger partial charge in [-0.25, -0.2) is 5.41 Å². The van der Waals surface area contributed by atoms with E-state index in [1.54, 1.807) is 0 Å². The smallest absolute Gasteiger partial charge is 0.332 e. The van der Waals surface area contributed by atoms with Crippen LogP contribution in [0.5, 0.6) is 0 Å². The molecule has 0 spiro atoms. The number of unbranched alkanes of at least 4 members (excludes halogenated alkanes) is 2. The van der Waals surface area contributed by atoms with E-state index in [4.69, 9.17) is 10.1 Å². The second kappa shape index (κ2) is 12.8. The minimum atomic E-state index is -0.803. The highest BCUT2D eigenvalue weighted by Crippen LogP contribution is 2.40. The van der Waals surface area contributed by atoms with E-state index in [-0.39, 0.29) is 10.5 Å². The molecule has 0 aliphatic carbocycles. The number of aryl methyl sites for hydroxylation is 1. The third kappa shape index (κ3) is 7.75.